The van der Waals surface area contributed by atoms with Crippen molar-refractivity contribution in [1.29, 1.82) is 0 Å². The molecule has 0 atom stereocenters. The second-order valence-corrected chi connectivity index (χ2v) is 5.16. The van der Waals surface area contributed by atoms with E-state index in [4.69, 9.17) is 0 Å². The molecule has 0 radical (unpaired) electrons. The van der Waals surface area contributed by atoms with Crippen LogP contribution in [0, 0.1) is 0 Å². The number of nitrogens with zero attached hydrogens (tertiary/aromatic N) is 2. The van der Waals surface area contributed by atoms with E-state index in [1.165, 1.54) is 0 Å². The highest BCUT2D eigenvalue weighted by molar-refractivity contribution is 9.10. The largest absolute Gasteiger partial charge is 0.320 e. The highest BCUT2D eigenvalue weighted by Gasteiger charge is 2.25. The Morgan fingerprint density at radius 1 is 1.05 bits per heavy atom. The maximum atomic E-state index is 11.8. The summed E-state index contributed by atoms with van der Waals surface area (Å²) in [6.45, 7) is 0. The van der Waals surface area contributed by atoms with Gasteiger partial charge in [-0.2, -0.15) is 5.10 Å². The van der Waals surface area contributed by atoms with Crippen LogP contribution in [0.2, 0.25) is 0 Å². The molecule has 1 aliphatic heterocycles. The zero-order valence-corrected chi connectivity index (χ0v) is 12.0. The second-order valence-electron chi connectivity index (χ2n) is 4.24. The van der Waals surface area contributed by atoms with Gasteiger partial charge in [0.15, 0.2) is 5.71 Å². The van der Waals surface area contributed by atoms with Crippen molar-refractivity contribution >= 4 is 39.5 Å². The smallest absolute Gasteiger partial charge is 0.276 e. The van der Waals surface area contributed by atoms with Gasteiger partial charge in [-0.25, -0.2) is 0 Å². The van der Waals surface area contributed by atoms with Crippen molar-refractivity contribution in [3.8, 4) is 0 Å². The first kappa shape index (κ1) is 12.7. The lowest BCUT2D eigenvalue weighted by atomic mass is 10.1. The molecule has 5 heteroatoms. The van der Waals surface area contributed by atoms with Crippen molar-refractivity contribution in [2.45, 2.75) is 0 Å². The molecule has 0 fully saturated rings. The number of fused-ring (bicyclic) bond motifs is 1. The van der Waals surface area contributed by atoms with Crippen LogP contribution in [-0.4, -0.2) is 17.8 Å². The average Bonchev–Trinajstić information content (AvgIpc) is 2.77. The van der Waals surface area contributed by atoms with Crippen molar-refractivity contribution in [2.75, 3.05) is 5.32 Å². The van der Waals surface area contributed by atoms with Crippen molar-refractivity contribution in [3.63, 3.8) is 0 Å². The molecule has 3 rings (SSSR count). The number of carbonyl (C=O) groups excluding carboxylic acids is 1. The van der Waals surface area contributed by atoms with Gasteiger partial charge in [-0.15, -0.1) is 5.10 Å². The summed E-state index contributed by atoms with van der Waals surface area (Å²) in [5.74, 6) is -0.223. The molecule has 0 bridgehead atoms. The van der Waals surface area contributed by atoms with Gasteiger partial charge in [0.25, 0.3) is 5.91 Å². The van der Waals surface area contributed by atoms with Crippen LogP contribution in [-0.2, 0) is 4.79 Å². The molecule has 2 aromatic rings. The van der Waals surface area contributed by atoms with Gasteiger partial charge >= 0.3 is 0 Å². The molecular weight excluding hydrogens is 318 g/mol. The summed E-state index contributed by atoms with van der Waals surface area (Å²) in [6, 6.07) is 15.1. The molecule has 20 heavy (non-hydrogen) atoms. The average molecular weight is 328 g/mol. The van der Waals surface area contributed by atoms with E-state index < -0.39 is 0 Å². The first-order valence-electron chi connectivity index (χ1n) is 6.01. The SMILES string of the molecule is O=C1Nc2ccccc2C1=NN=Cc1ccc(Br)cc1. The summed E-state index contributed by atoms with van der Waals surface area (Å²) in [5.41, 5.74) is 2.82. The molecule has 0 saturated carbocycles. The van der Waals surface area contributed by atoms with E-state index in [-0.39, 0.29) is 5.91 Å². The van der Waals surface area contributed by atoms with Crippen LogP contribution in [0.5, 0.6) is 0 Å². The third-order valence-electron chi connectivity index (χ3n) is 2.88. The number of halogens is 1. The Morgan fingerprint density at radius 2 is 1.80 bits per heavy atom. The quantitative estimate of drug-likeness (QED) is 0.668. The molecule has 0 aliphatic carbocycles. The van der Waals surface area contributed by atoms with Crippen LogP contribution in [0.15, 0.2) is 63.2 Å². The van der Waals surface area contributed by atoms with E-state index in [9.17, 15) is 4.79 Å². The molecular formula is C15H10BrN3O. The molecule has 2 aromatic carbocycles. The van der Waals surface area contributed by atoms with Crippen molar-refractivity contribution < 1.29 is 4.79 Å². The van der Waals surface area contributed by atoms with Gasteiger partial charge in [0.05, 0.1) is 11.9 Å². The van der Waals surface area contributed by atoms with Crippen molar-refractivity contribution in [3.05, 3.63) is 64.1 Å². The molecule has 1 amide bonds. The highest BCUT2D eigenvalue weighted by Crippen LogP contribution is 2.22. The topological polar surface area (TPSA) is 53.8 Å². The number of amides is 1. The van der Waals surface area contributed by atoms with Crippen molar-refractivity contribution in [1.82, 2.24) is 0 Å². The fraction of sp³-hybridized carbons (Fsp3) is 0. The second kappa shape index (κ2) is 5.38. The molecule has 1 heterocycles. The fourth-order valence-electron chi connectivity index (χ4n) is 1.90. The Morgan fingerprint density at radius 3 is 2.60 bits per heavy atom. The van der Waals surface area contributed by atoms with Crippen LogP contribution >= 0.6 is 15.9 Å². The third kappa shape index (κ3) is 2.53. The van der Waals surface area contributed by atoms with Gasteiger partial charge in [0, 0.05) is 10.0 Å². The molecule has 98 valence electrons. The number of carbonyl (C=O) groups is 1. The van der Waals surface area contributed by atoms with Gasteiger partial charge in [0.2, 0.25) is 0 Å². The number of hydrogen-bond donors (Lipinski definition) is 1. The molecule has 0 saturated heterocycles. The van der Waals surface area contributed by atoms with E-state index in [1.54, 1.807) is 6.21 Å². The van der Waals surface area contributed by atoms with Crippen LogP contribution in [0.25, 0.3) is 0 Å². The zero-order chi connectivity index (χ0) is 13.9. The summed E-state index contributed by atoms with van der Waals surface area (Å²) in [5, 5.41) is 10.8. The number of benzene rings is 2. The minimum absolute atomic E-state index is 0.223. The van der Waals surface area contributed by atoms with Gasteiger partial charge in [0.1, 0.15) is 0 Å². The molecule has 0 unspecified atom stereocenters. The Bertz CT molecular complexity index is 720. The fourth-order valence-corrected chi connectivity index (χ4v) is 2.17. The number of hydrogen-bond acceptors (Lipinski definition) is 3. The van der Waals surface area contributed by atoms with Gasteiger partial charge in [-0.1, -0.05) is 46.3 Å². The monoisotopic (exact) mass is 327 g/mol. The molecule has 4 nitrogen and oxygen atoms in total. The summed E-state index contributed by atoms with van der Waals surface area (Å²) in [4.78, 5) is 11.8. The van der Waals surface area contributed by atoms with Crippen LogP contribution in [0.1, 0.15) is 11.1 Å². The van der Waals surface area contributed by atoms with Crippen molar-refractivity contribution in [2.24, 2.45) is 10.2 Å². The lowest BCUT2D eigenvalue weighted by Gasteiger charge is -1.94. The van der Waals surface area contributed by atoms with E-state index >= 15 is 0 Å². The van der Waals surface area contributed by atoms with Gasteiger partial charge in [-0.05, 0) is 23.8 Å². The lowest BCUT2D eigenvalue weighted by Crippen LogP contribution is -2.13. The maximum Gasteiger partial charge on any atom is 0.276 e. The first-order valence-corrected chi connectivity index (χ1v) is 6.81. The number of anilines is 1. The molecule has 1 N–H and O–H groups in total. The number of para-hydroxylation sites is 1. The molecule has 0 aromatic heterocycles. The Labute approximate surface area is 124 Å². The van der Waals surface area contributed by atoms with E-state index in [1.807, 2.05) is 48.5 Å². The Hall–Kier alpha value is -2.27. The number of rotatable bonds is 2. The summed E-state index contributed by atoms with van der Waals surface area (Å²) in [7, 11) is 0. The van der Waals surface area contributed by atoms with E-state index in [0.29, 0.717) is 5.71 Å². The predicted molar refractivity (Wildman–Crippen MR) is 83.3 cm³/mol. The maximum absolute atomic E-state index is 11.8. The number of nitrogens with one attached hydrogen (secondary N) is 1. The standard InChI is InChI=1S/C15H10BrN3O/c16-11-7-5-10(6-8-11)9-17-19-14-12-3-1-2-4-13(12)18-15(14)20/h1-9H,(H,18,19,20). The van der Waals surface area contributed by atoms with Crippen LogP contribution in [0.4, 0.5) is 5.69 Å². The van der Waals surface area contributed by atoms with Gasteiger partial charge in [-0.3, -0.25) is 4.79 Å². The lowest BCUT2D eigenvalue weighted by molar-refractivity contribution is -0.110. The summed E-state index contributed by atoms with van der Waals surface area (Å²) < 4.78 is 1.00. The molecule has 1 aliphatic rings. The predicted octanol–water partition coefficient (Wildman–Crippen LogP) is 3.22. The van der Waals surface area contributed by atoms with Crippen LogP contribution in [0.3, 0.4) is 0 Å². The highest BCUT2D eigenvalue weighted by atomic mass is 79.9. The first-order chi connectivity index (χ1) is 9.74. The summed E-state index contributed by atoms with van der Waals surface area (Å²) >= 11 is 3.37. The molecule has 0 spiro atoms. The zero-order valence-electron chi connectivity index (χ0n) is 10.4. The van der Waals surface area contributed by atoms with E-state index in [0.717, 1.165) is 21.3 Å². The Balaban J connectivity index is 1.86. The van der Waals surface area contributed by atoms with Crippen LogP contribution < -0.4 is 5.32 Å². The summed E-state index contributed by atoms with van der Waals surface area (Å²) in [6.07, 6.45) is 1.62. The van der Waals surface area contributed by atoms with E-state index in [2.05, 4.69) is 31.4 Å². The minimum atomic E-state index is -0.223. The minimum Gasteiger partial charge on any atom is -0.320 e. The third-order valence-corrected chi connectivity index (χ3v) is 3.41. The van der Waals surface area contributed by atoms with Gasteiger partial charge < -0.3 is 5.32 Å². The normalized spacial score (nSPS) is 15.7. The Kier molecular flexibility index (Phi) is 3.43.